The molecule has 2 saturated heterocycles. The monoisotopic (exact) mass is 288 g/mol. The first-order valence-electron chi connectivity index (χ1n) is 7.54. The van der Waals surface area contributed by atoms with Crippen LogP contribution in [-0.2, 0) is 9.53 Å². The number of hydrogen-bond acceptors (Lipinski definition) is 3. The molecule has 0 aromatic heterocycles. The summed E-state index contributed by atoms with van der Waals surface area (Å²) in [6, 6.07) is 7.25. The molecule has 1 aromatic rings. The van der Waals surface area contributed by atoms with Crippen molar-refractivity contribution in [1.82, 2.24) is 5.32 Å². The Kier molecular flexibility index (Phi) is 4.20. The van der Waals surface area contributed by atoms with Crippen molar-refractivity contribution in [3.8, 4) is 0 Å². The van der Waals surface area contributed by atoms with Crippen molar-refractivity contribution in [2.45, 2.75) is 31.8 Å². The van der Waals surface area contributed by atoms with E-state index in [0.29, 0.717) is 18.5 Å². The third-order valence-electron chi connectivity index (χ3n) is 4.01. The Hall–Kier alpha value is -1.88. The van der Waals surface area contributed by atoms with Gasteiger partial charge in [0.1, 0.15) is 0 Å². The topological polar surface area (TPSA) is 58.6 Å². The van der Waals surface area contributed by atoms with Crippen molar-refractivity contribution < 1.29 is 14.3 Å². The van der Waals surface area contributed by atoms with Gasteiger partial charge in [-0.3, -0.25) is 9.59 Å². The van der Waals surface area contributed by atoms with Crippen LogP contribution in [0.5, 0.6) is 0 Å². The van der Waals surface area contributed by atoms with E-state index in [9.17, 15) is 9.59 Å². The van der Waals surface area contributed by atoms with Crippen molar-refractivity contribution in [1.29, 1.82) is 0 Å². The molecule has 0 unspecified atom stereocenters. The average Bonchev–Trinajstić information content (AvgIpc) is 3.16. The van der Waals surface area contributed by atoms with Gasteiger partial charge in [-0.2, -0.15) is 0 Å². The van der Waals surface area contributed by atoms with Crippen molar-refractivity contribution in [3.63, 3.8) is 0 Å². The van der Waals surface area contributed by atoms with Crippen LogP contribution in [0.15, 0.2) is 24.3 Å². The van der Waals surface area contributed by atoms with Gasteiger partial charge in [0.05, 0.1) is 6.10 Å². The molecule has 2 aliphatic heterocycles. The van der Waals surface area contributed by atoms with E-state index >= 15 is 0 Å². The first kappa shape index (κ1) is 14.1. The minimum Gasteiger partial charge on any atom is -0.376 e. The molecular weight excluding hydrogens is 268 g/mol. The van der Waals surface area contributed by atoms with E-state index in [4.69, 9.17) is 4.74 Å². The third-order valence-corrected chi connectivity index (χ3v) is 4.01. The molecule has 0 spiro atoms. The van der Waals surface area contributed by atoms with Crippen molar-refractivity contribution in [3.05, 3.63) is 29.8 Å². The summed E-state index contributed by atoms with van der Waals surface area (Å²) in [5.74, 6) is 0.0194. The molecule has 2 fully saturated rings. The molecule has 5 nitrogen and oxygen atoms in total. The van der Waals surface area contributed by atoms with Crippen LogP contribution < -0.4 is 10.2 Å². The number of anilines is 1. The summed E-state index contributed by atoms with van der Waals surface area (Å²) in [4.78, 5) is 25.7. The highest BCUT2D eigenvalue weighted by Crippen LogP contribution is 2.22. The molecule has 2 aliphatic rings. The Morgan fingerprint density at radius 3 is 3.00 bits per heavy atom. The Labute approximate surface area is 124 Å². The van der Waals surface area contributed by atoms with Gasteiger partial charge in [-0.1, -0.05) is 6.07 Å². The largest absolute Gasteiger partial charge is 0.376 e. The Bertz CT molecular complexity index is 538. The summed E-state index contributed by atoms with van der Waals surface area (Å²) in [5.41, 5.74) is 1.40. The fourth-order valence-corrected chi connectivity index (χ4v) is 2.85. The number of amides is 2. The van der Waals surface area contributed by atoms with Crippen LogP contribution in [0.3, 0.4) is 0 Å². The second kappa shape index (κ2) is 6.26. The molecule has 21 heavy (non-hydrogen) atoms. The van der Waals surface area contributed by atoms with Crippen LogP contribution in [0.25, 0.3) is 0 Å². The molecular formula is C16H20N2O3. The van der Waals surface area contributed by atoms with Crippen molar-refractivity contribution in [2.24, 2.45) is 0 Å². The van der Waals surface area contributed by atoms with E-state index in [2.05, 4.69) is 5.32 Å². The lowest BCUT2D eigenvalue weighted by molar-refractivity contribution is -0.117. The third kappa shape index (κ3) is 3.24. The molecule has 2 amide bonds. The highest BCUT2D eigenvalue weighted by Gasteiger charge is 2.22. The van der Waals surface area contributed by atoms with Crippen molar-refractivity contribution >= 4 is 17.5 Å². The number of nitrogens with one attached hydrogen (secondary N) is 1. The van der Waals surface area contributed by atoms with E-state index in [1.54, 1.807) is 17.0 Å². The summed E-state index contributed by atoms with van der Waals surface area (Å²) >= 11 is 0. The van der Waals surface area contributed by atoms with E-state index in [-0.39, 0.29) is 17.9 Å². The number of nitrogens with zero attached hydrogens (tertiary/aromatic N) is 1. The maximum absolute atomic E-state index is 12.2. The standard InChI is InChI=1S/C16H20N2O3/c19-15-7-2-8-18(15)13-5-1-4-12(10-13)16(20)17-11-14-6-3-9-21-14/h1,4-5,10,14H,2-3,6-9,11H2,(H,17,20)/t14-/m1/s1. The summed E-state index contributed by atoms with van der Waals surface area (Å²) in [6.45, 7) is 2.07. The first-order chi connectivity index (χ1) is 10.2. The summed E-state index contributed by atoms with van der Waals surface area (Å²) in [7, 11) is 0. The number of rotatable bonds is 4. The Morgan fingerprint density at radius 1 is 1.38 bits per heavy atom. The minimum absolute atomic E-state index is 0.112. The summed E-state index contributed by atoms with van der Waals surface area (Å²) < 4.78 is 5.49. The number of carbonyl (C=O) groups excluding carboxylic acids is 2. The summed E-state index contributed by atoms with van der Waals surface area (Å²) in [6.07, 6.45) is 3.68. The van der Waals surface area contributed by atoms with Gasteiger partial charge in [0, 0.05) is 37.4 Å². The van der Waals surface area contributed by atoms with Gasteiger partial charge < -0.3 is 15.0 Å². The van der Waals surface area contributed by atoms with E-state index in [1.165, 1.54) is 0 Å². The first-order valence-corrected chi connectivity index (χ1v) is 7.54. The smallest absolute Gasteiger partial charge is 0.251 e. The van der Waals surface area contributed by atoms with Gasteiger partial charge in [-0.25, -0.2) is 0 Å². The van der Waals surface area contributed by atoms with E-state index < -0.39 is 0 Å². The zero-order chi connectivity index (χ0) is 14.7. The highest BCUT2D eigenvalue weighted by molar-refractivity contribution is 5.99. The van der Waals surface area contributed by atoms with E-state index in [1.807, 2.05) is 12.1 Å². The SMILES string of the molecule is O=C(NC[C@H]1CCCO1)c1cccc(N2CCCC2=O)c1. The fourth-order valence-electron chi connectivity index (χ4n) is 2.85. The van der Waals surface area contributed by atoms with Gasteiger partial charge >= 0.3 is 0 Å². The zero-order valence-corrected chi connectivity index (χ0v) is 12.0. The number of carbonyl (C=O) groups is 2. The maximum Gasteiger partial charge on any atom is 0.251 e. The Balaban J connectivity index is 1.64. The van der Waals surface area contributed by atoms with Crippen molar-refractivity contribution in [2.75, 3.05) is 24.6 Å². The van der Waals surface area contributed by atoms with Gasteiger partial charge in [-0.15, -0.1) is 0 Å². The maximum atomic E-state index is 12.2. The molecule has 0 radical (unpaired) electrons. The fraction of sp³-hybridized carbons (Fsp3) is 0.500. The summed E-state index contributed by atoms with van der Waals surface area (Å²) in [5, 5.41) is 2.90. The van der Waals surface area contributed by atoms with Crippen LogP contribution in [0.4, 0.5) is 5.69 Å². The zero-order valence-electron chi connectivity index (χ0n) is 12.0. The second-order valence-corrected chi connectivity index (χ2v) is 5.54. The van der Waals surface area contributed by atoms with Crippen LogP contribution in [0, 0.1) is 0 Å². The molecule has 5 heteroatoms. The highest BCUT2D eigenvalue weighted by atomic mass is 16.5. The van der Waals surface area contributed by atoms with Gasteiger partial charge in [0.15, 0.2) is 0 Å². The van der Waals surface area contributed by atoms with Crippen LogP contribution in [0.1, 0.15) is 36.0 Å². The molecule has 1 atom stereocenters. The molecule has 112 valence electrons. The lowest BCUT2D eigenvalue weighted by atomic mass is 10.1. The lowest BCUT2D eigenvalue weighted by Crippen LogP contribution is -2.32. The predicted octanol–water partition coefficient (Wildman–Crippen LogP) is 1.72. The number of benzene rings is 1. The van der Waals surface area contributed by atoms with Crippen LogP contribution >= 0.6 is 0 Å². The van der Waals surface area contributed by atoms with Crippen LogP contribution in [-0.4, -0.2) is 37.6 Å². The normalized spacial score (nSPS) is 21.8. The number of ether oxygens (including phenoxy) is 1. The molecule has 2 heterocycles. The average molecular weight is 288 g/mol. The minimum atomic E-state index is -0.112. The quantitative estimate of drug-likeness (QED) is 0.918. The van der Waals surface area contributed by atoms with Gasteiger partial charge in [0.25, 0.3) is 5.91 Å². The van der Waals surface area contributed by atoms with Gasteiger partial charge in [0.2, 0.25) is 5.91 Å². The van der Waals surface area contributed by atoms with Crippen LogP contribution in [0.2, 0.25) is 0 Å². The lowest BCUT2D eigenvalue weighted by Gasteiger charge is -2.17. The number of hydrogen-bond donors (Lipinski definition) is 1. The molecule has 3 rings (SSSR count). The molecule has 0 saturated carbocycles. The second-order valence-electron chi connectivity index (χ2n) is 5.54. The molecule has 1 N–H and O–H groups in total. The predicted molar refractivity (Wildman–Crippen MR) is 79.3 cm³/mol. The van der Waals surface area contributed by atoms with Gasteiger partial charge in [-0.05, 0) is 37.5 Å². The molecule has 1 aromatic carbocycles. The molecule has 0 aliphatic carbocycles. The van der Waals surface area contributed by atoms with E-state index in [0.717, 1.165) is 38.1 Å². The Morgan fingerprint density at radius 2 is 2.29 bits per heavy atom. The molecule has 0 bridgehead atoms.